The maximum atomic E-state index is 13.5. The summed E-state index contributed by atoms with van der Waals surface area (Å²) in [6.45, 7) is 1.51. The fourth-order valence-electron chi connectivity index (χ4n) is 6.04. The van der Waals surface area contributed by atoms with Gasteiger partial charge in [-0.2, -0.15) is 4.31 Å². The van der Waals surface area contributed by atoms with Crippen LogP contribution < -0.4 is 0 Å². The second-order valence-electron chi connectivity index (χ2n) is 10.1. The predicted octanol–water partition coefficient (Wildman–Crippen LogP) is 4.21. The molecule has 8 heteroatoms. The van der Waals surface area contributed by atoms with E-state index in [0.29, 0.717) is 30.8 Å². The maximum absolute atomic E-state index is 13.5. The summed E-state index contributed by atoms with van der Waals surface area (Å²) in [5.74, 6) is 0.846. The molecule has 3 aromatic rings. The van der Waals surface area contributed by atoms with Crippen molar-refractivity contribution in [2.24, 2.45) is 5.92 Å². The van der Waals surface area contributed by atoms with Gasteiger partial charge >= 0.3 is 0 Å². The van der Waals surface area contributed by atoms with Crippen molar-refractivity contribution in [1.82, 2.24) is 19.2 Å². The first kappa shape index (κ1) is 22.7. The van der Waals surface area contributed by atoms with Crippen molar-refractivity contribution < 1.29 is 13.2 Å². The fourth-order valence-corrected chi connectivity index (χ4v) is 7.56. The zero-order valence-corrected chi connectivity index (χ0v) is 20.8. The zero-order chi connectivity index (χ0) is 24.0. The number of H-pyrrole nitrogens is 1. The highest BCUT2D eigenvalue weighted by atomic mass is 32.2. The predicted molar refractivity (Wildman–Crippen MR) is 134 cm³/mol. The minimum absolute atomic E-state index is 0.0350. The molecule has 184 valence electrons. The number of aromatic nitrogens is 2. The van der Waals surface area contributed by atoms with Gasteiger partial charge in [0.25, 0.3) is 0 Å². The van der Waals surface area contributed by atoms with Crippen LogP contribution in [-0.4, -0.2) is 53.1 Å². The van der Waals surface area contributed by atoms with Crippen LogP contribution in [0.15, 0.2) is 47.4 Å². The Balaban J connectivity index is 1.14. The number of fused-ring (bicyclic) bond motifs is 2. The van der Waals surface area contributed by atoms with Crippen LogP contribution in [0.4, 0.5) is 0 Å². The number of benzene rings is 2. The molecule has 0 radical (unpaired) electrons. The van der Waals surface area contributed by atoms with E-state index in [1.54, 1.807) is 10.4 Å². The van der Waals surface area contributed by atoms with Crippen molar-refractivity contribution in [2.45, 2.75) is 62.3 Å². The van der Waals surface area contributed by atoms with Crippen LogP contribution in [-0.2, 0) is 27.7 Å². The van der Waals surface area contributed by atoms with Gasteiger partial charge in [-0.25, -0.2) is 13.4 Å². The molecule has 0 saturated carbocycles. The average molecular weight is 493 g/mol. The van der Waals surface area contributed by atoms with Gasteiger partial charge in [0.2, 0.25) is 15.9 Å². The summed E-state index contributed by atoms with van der Waals surface area (Å²) in [5.41, 5.74) is 4.36. The highest BCUT2D eigenvalue weighted by Crippen LogP contribution is 2.35. The second-order valence-corrected chi connectivity index (χ2v) is 12.1. The number of aryl methyl sites for hydroxylation is 2. The van der Waals surface area contributed by atoms with Gasteiger partial charge in [0, 0.05) is 25.6 Å². The Kier molecular flexibility index (Phi) is 5.89. The van der Waals surface area contributed by atoms with Gasteiger partial charge in [-0.05, 0) is 86.8 Å². The van der Waals surface area contributed by atoms with E-state index in [1.165, 1.54) is 17.5 Å². The molecule has 6 rings (SSSR count). The first-order valence-corrected chi connectivity index (χ1v) is 14.3. The van der Waals surface area contributed by atoms with E-state index in [2.05, 4.69) is 4.98 Å². The SMILES string of the molecule is O=C(C1CCN(S(=O)(=O)c2ccc3c(c2)CCCC3)CC1)N1CCCC1c1nc2ccccc2[nH]1. The van der Waals surface area contributed by atoms with Gasteiger partial charge in [0.15, 0.2) is 0 Å². The molecule has 3 heterocycles. The third-order valence-electron chi connectivity index (χ3n) is 8.02. The molecule has 35 heavy (non-hydrogen) atoms. The highest BCUT2D eigenvalue weighted by Gasteiger charge is 2.38. The number of rotatable bonds is 4. The number of piperidine rings is 1. The van der Waals surface area contributed by atoms with E-state index in [9.17, 15) is 13.2 Å². The molecule has 1 unspecified atom stereocenters. The largest absolute Gasteiger partial charge is 0.340 e. The minimum Gasteiger partial charge on any atom is -0.340 e. The smallest absolute Gasteiger partial charge is 0.243 e. The number of nitrogens with one attached hydrogen (secondary N) is 1. The maximum Gasteiger partial charge on any atom is 0.243 e. The molecule has 2 saturated heterocycles. The molecule has 0 bridgehead atoms. The van der Waals surface area contributed by atoms with E-state index in [0.717, 1.165) is 55.5 Å². The lowest BCUT2D eigenvalue weighted by atomic mass is 9.92. The molecule has 1 aliphatic carbocycles. The molecular formula is C27H32N4O3S. The van der Waals surface area contributed by atoms with Gasteiger partial charge in [-0.1, -0.05) is 18.2 Å². The quantitative estimate of drug-likeness (QED) is 0.591. The van der Waals surface area contributed by atoms with Gasteiger partial charge in [0.1, 0.15) is 5.82 Å². The number of hydrogen-bond donors (Lipinski definition) is 1. The molecule has 1 aromatic heterocycles. The van der Waals surface area contributed by atoms with Crippen molar-refractivity contribution in [1.29, 1.82) is 0 Å². The van der Waals surface area contributed by atoms with Crippen LogP contribution in [0.1, 0.15) is 61.5 Å². The third kappa shape index (κ3) is 4.16. The molecule has 2 aliphatic heterocycles. The Morgan fingerprint density at radius 3 is 2.49 bits per heavy atom. The normalized spacial score (nSPS) is 21.9. The van der Waals surface area contributed by atoms with Gasteiger partial charge in [-0.3, -0.25) is 4.79 Å². The average Bonchev–Trinajstić information content (AvgIpc) is 3.55. The highest BCUT2D eigenvalue weighted by molar-refractivity contribution is 7.89. The molecule has 7 nitrogen and oxygen atoms in total. The number of nitrogens with zero attached hydrogens (tertiary/aromatic N) is 3. The van der Waals surface area contributed by atoms with Gasteiger partial charge < -0.3 is 9.88 Å². The number of imidazole rings is 1. The summed E-state index contributed by atoms with van der Waals surface area (Å²) >= 11 is 0. The summed E-state index contributed by atoms with van der Waals surface area (Å²) in [6, 6.07) is 13.5. The molecular weight excluding hydrogens is 460 g/mol. The van der Waals surface area contributed by atoms with Crippen LogP contribution in [0.3, 0.4) is 0 Å². The number of carbonyl (C=O) groups excluding carboxylic acids is 1. The van der Waals surface area contributed by atoms with E-state index >= 15 is 0 Å². The molecule has 1 atom stereocenters. The first-order valence-electron chi connectivity index (χ1n) is 12.9. The molecule has 0 spiro atoms. The number of carbonyl (C=O) groups is 1. The number of amides is 1. The van der Waals surface area contributed by atoms with Crippen LogP contribution in [0.25, 0.3) is 11.0 Å². The molecule has 1 N–H and O–H groups in total. The monoisotopic (exact) mass is 492 g/mol. The molecule has 2 fully saturated rings. The summed E-state index contributed by atoms with van der Waals surface area (Å²) in [6.07, 6.45) is 7.27. The van der Waals surface area contributed by atoms with Crippen molar-refractivity contribution in [3.63, 3.8) is 0 Å². The number of likely N-dealkylation sites (tertiary alicyclic amines) is 1. The number of para-hydroxylation sites is 2. The van der Waals surface area contributed by atoms with Gasteiger partial charge in [0.05, 0.1) is 22.0 Å². The lowest BCUT2D eigenvalue weighted by Crippen LogP contribution is -2.44. The van der Waals surface area contributed by atoms with Crippen LogP contribution in [0.2, 0.25) is 0 Å². The zero-order valence-electron chi connectivity index (χ0n) is 19.9. The Bertz CT molecular complexity index is 1320. The first-order chi connectivity index (χ1) is 17.0. The van der Waals surface area contributed by atoms with E-state index in [-0.39, 0.29) is 17.9 Å². The van der Waals surface area contributed by atoms with Crippen molar-refractivity contribution in [2.75, 3.05) is 19.6 Å². The van der Waals surface area contributed by atoms with Crippen molar-refractivity contribution in [3.8, 4) is 0 Å². The summed E-state index contributed by atoms with van der Waals surface area (Å²) in [4.78, 5) is 24.0. The van der Waals surface area contributed by atoms with Crippen molar-refractivity contribution in [3.05, 3.63) is 59.4 Å². The molecule has 3 aliphatic rings. The summed E-state index contributed by atoms with van der Waals surface area (Å²) < 4.78 is 28.3. The van der Waals surface area contributed by atoms with Crippen LogP contribution in [0, 0.1) is 5.92 Å². The Morgan fingerprint density at radius 1 is 0.914 bits per heavy atom. The molecule has 2 aromatic carbocycles. The third-order valence-corrected chi connectivity index (χ3v) is 9.91. The van der Waals surface area contributed by atoms with E-state index in [1.807, 2.05) is 41.3 Å². The lowest BCUT2D eigenvalue weighted by molar-refractivity contribution is -0.137. The second kappa shape index (κ2) is 9.06. The van der Waals surface area contributed by atoms with Crippen LogP contribution >= 0.6 is 0 Å². The Labute approximate surface area is 206 Å². The fraction of sp³-hybridized carbons (Fsp3) is 0.481. The van der Waals surface area contributed by atoms with Gasteiger partial charge in [-0.15, -0.1) is 0 Å². The lowest BCUT2D eigenvalue weighted by Gasteiger charge is -2.34. The summed E-state index contributed by atoms with van der Waals surface area (Å²) in [5, 5.41) is 0. The van der Waals surface area contributed by atoms with E-state index < -0.39 is 10.0 Å². The number of sulfonamides is 1. The Morgan fingerprint density at radius 2 is 1.69 bits per heavy atom. The Hall–Kier alpha value is -2.71. The standard InChI is InChI=1S/C27H32N4O3S/c32-27(31-15-5-10-25(31)26-28-23-8-3-4-9-24(23)29-26)20-13-16-30(17-14-20)35(33,34)22-12-11-19-6-1-2-7-21(19)18-22/h3-4,8-9,11-12,18,20,25H,1-2,5-7,10,13-17H2,(H,28,29). The minimum atomic E-state index is -3.54. The number of hydrogen-bond acceptors (Lipinski definition) is 4. The summed E-state index contributed by atoms with van der Waals surface area (Å²) in [7, 11) is -3.54. The molecule has 1 amide bonds. The van der Waals surface area contributed by atoms with Crippen LogP contribution in [0.5, 0.6) is 0 Å². The number of aromatic amines is 1. The van der Waals surface area contributed by atoms with Crippen molar-refractivity contribution >= 4 is 27.0 Å². The topological polar surface area (TPSA) is 86.4 Å². The van der Waals surface area contributed by atoms with E-state index in [4.69, 9.17) is 4.98 Å².